The number of nitrogens with one attached hydrogen (secondary N) is 1. The number of benzene rings is 2. The Morgan fingerprint density at radius 2 is 1.66 bits per heavy atom. The summed E-state index contributed by atoms with van der Waals surface area (Å²) in [5, 5.41) is 2.78. The third kappa shape index (κ3) is 5.60. The molecule has 0 unspecified atom stereocenters. The molecule has 0 fully saturated rings. The quantitative estimate of drug-likeness (QED) is 0.557. The molecule has 0 aliphatic carbocycles. The van der Waals surface area contributed by atoms with E-state index < -0.39 is 10.0 Å². The summed E-state index contributed by atoms with van der Waals surface area (Å²) in [5.74, 6) is -0.247. The lowest BCUT2D eigenvalue weighted by atomic mass is 9.87. The fourth-order valence-corrected chi connectivity index (χ4v) is 4.68. The Hall–Kier alpha value is -3.03. The fraction of sp³-hybridized carbons (Fsp3) is 0.280. The molecule has 1 N–H and O–H groups in total. The molecule has 1 heterocycles. The van der Waals surface area contributed by atoms with Crippen LogP contribution in [0.5, 0.6) is 0 Å². The maximum Gasteiger partial charge on any atom is 0.255 e. The van der Waals surface area contributed by atoms with Crippen LogP contribution < -0.4 is 5.32 Å². The smallest absolute Gasteiger partial charge is 0.255 e. The second-order valence-corrected chi connectivity index (χ2v) is 10.5. The fourth-order valence-electron chi connectivity index (χ4n) is 3.25. The van der Waals surface area contributed by atoms with Gasteiger partial charge in [0.15, 0.2) is 0 Å². The van der Waals surface area contributed by atoms with Gasteiger partial charge in [-0.1, -0.05) is 52.0 Å². The van der Waals surface area contributed by atoms with E-state index in [1.54, 1.807) is 60.9 Å². The molecule has 0 aliphatic rings. The lowest BCUT2D eigenvalue weighted by Crippen LogP contribution is -2.30. The normalized spacial score (nSPS) is 12.0. The van der Waals surface area contributed by atoms with Gasteiger partial charge in [0.05, 0.1) is 16.8 Å². The first-order valence-corrected chi connectivity index (χ1v) is 12.0. The third-order valence-corrected chi connectivity index (χ3v) is 7.14. The Kier molecular flexibility index (Phi) is 7.11. The van der Waals surface area contributed by atoms with Gasteiger partial charge in [-0.3, -0.25) is 9.78 Å². The Bertz CT molecular complexity index is 1150. The molecule has 7 heteroatoms. The average molecular weight is 452 g/mol. The molecule has 32 heavy (non-hydrogen) atoms. The Labute approximate surface area is 190 Å². The summed E-state index contributed by atoms with van der Waals surface area (Å²) in [6.07, 6.45) is 3.21. The number of hydrogen-bond acceptors (Lipinski definition) is 4. The summed E-state index contributed by atoms with van der Waals surface area (Å²) in [5.41, 5.74) is 2.94. The maximum atomic E-state index is 13.2. The van der Waals surface area contributed by atoms with Gasteiger partial charge in [-0.2, -0.15) is 4.31 Å². The van der Waals surface area contributed by atoms with Gasteiger partial charge in [-0.05, 0) is 52.9 Å². The highest BCUT2D eigenvalue weighted by atomic mass is 32.2. The van der Waals surface area contributed by atoms with Crippen molar-refractivity contribution in [3.63, 3.8) is 0 Å². The Morgan fingerprint density at radius 1 is 1.00 bits per heavy atom. The summed E-state index contributed by atoms with van der Waals surface area (Å²) in [7, 11) is -3.63. The second-order valence-electron chi connectivity index (χ2n) is 8.60. The number of amides is 1. The number of aromatic nitrogens is 1. The first-order chi connectivity index (χ1) is 15.1. The zero-order valence-corrected chi connectivity index (χ0v) is 19.7. The number of sulfonamides is 1. The van der Waals surface area contributed by atoms with Crippen LogP contribution in [-0.4, -0.2) is 30.2 Å². The molecule has 1 amide bonds. The topological polar surface area (TPSA) is 79.4 Å². The number of rotatable bonds is 7. The van der Waals surface area contributed by atoms with Gasteiger partial charge in [0, 0.05) is 24.8 Å². The summed E-state index contributed by atoms with van der Waals surface area (Å²) in [4.78, 5) is 16.7. The van der Waals surface area contributed by atoms with Gasteiger partial charge < -0.3 is 5.32 Å². The van der Waals surface area contributed by atoms with Crippen molar-refractivity contribution in [3.05, 3.63) is 89.7 Å². The molecule has 168 valence electrons. The average Bonchev–Trinajstić information content (AvgIpc) is 2.78. The monoisotopic (exact) mass is 451 g/mol. The van der Waals surface area contributed by atoms with Crippen LogP contribution >= 0.6 is 0 Å². The summed E-state index contributed by atoms with van der Waals surface area (Å²) >= 11 is 0. The van der Waals surface area contributed by atoms with Crippen molar-refractivity contribution in [1.29, 1.82) is 0 Å². The highest BCUT2D eigenvalue weighted by Gasteiger charge is 2.24. The molecule has 0 saturated carbocycles. The van der Waals surface area contributed by atoms with E-state index in [4.69, 9.17) is 0 Å². The largest absolute Gasteiger partial charge is 0.321 e. The molecule has 0 saturated heterocycles. The van der Waals surface area contributed by atoms with E-state index in [-0.39, 0.29) is 22.8 Å². The van der Waals surface area contributed by atoms with Gasteiger partial charge in [0.1, 0.15) is 0 Å². The van der Waals surface area contributed by atoms with E-state index >= 15 is 0 Å². The molecule has 0 spiro atoms. The van der Waals surface area contributed by atoms with Gasteiger partial charge in [0.25, 0.3) is 5.91 Å². The van der Waals surface area contributed by atoms with Crippen molar-refractivity contribution in [2.75, 3.05) is 11.9 Å². The standard InChI is InChI=1S/C25H29N3O3S/c1-5-28(32(30,31)23-14-12-21(13-15-23)25(2,3)4)18-19-8-10-20(11-9-19)24(29)27-22-7-6-16-26-17-22/h6-17H,5,18H2,1-4H3,(H,27,29). The van der Waals surface area contributed by atoms with Gasteiger partial charge in [-0.25, -0.2) is 8.42 Å². The van der Waals surface area contributed by atoms with Crippen molar-refractivity contribution in [2.45, 2.75) is 44.6 Å². The van der Waals surface area contributed by atoms with Crippen molar-refractivity contribution < 1.29 is 13.2 Å². The number of carbonyl (C=O) groups excluding carboxylic acids is 1. The molecular weight excluding hydrogens is 422 g/mol. The minimum absolute atomic E-state index is 0.0439. The van der Waals surface area contributed by atoms with Crippen LogP contribution in [0.1, 0.15) is 49.2 Å². The van der Waals surface area contributed by atoms with Crippen LogP contribution in [0.4, 0.5) is 5.69 Å². The maximum absolute atomic E-state index is 13.2. The third-order valence-electron chi connectivity index (χ3n) is 5.21. The van der Waals surface area contributed by atoms with Crippen molar-refractivity contribution in [1.82, 2.24) is 9.29 Å². The molecule has 0 radical (unpaired) electrons. The highest BCUT2D eigenvalue weighted by molar-refractivity contribution is 7.89. The van der Waals surface area contributed by atoms with E-state index in [0.717, 1.165) is 11.1 Å². The molecule has 0 atom stereocenters. The molecule has 2 aromatic carbocycles. The molecule has 3 rings (SSSR count). The molecule has 0 bridgehead atoms. The number of hydrogen-bond donors (Lipinski definition) is 1. The van der Waals surface area contributed by atoms with E-state index in [9.17, 15) is 13.2 Å². The van der Waals surface area contributed by atoms with Crippen LogP contribution in [0, 0.1) is 0 Å². The summed E-state index contributed by atoms with van der Waals surface area (Å²) in [6.45, 7) is 8.66. The highest BCUT2D eigenvalue weighted by Crippen LogP contribution is 2.25. The Balaban J connectivity index is 1.72. The minimum atomic E-state index is -3.63. The number of nitrogens with zero attached hydrogens (tertiary/aromatic N) is 2. The van der Waals surface area contributed by atoms with Gasteiger partial charge in [-0.15, -0.1) is 0 Å². The van der Waals surface area contributed by atoms with Crippen molar-refractivity contribution in [2.24, 2.45) is 0 Å². The number of pyridine rings is 1. The van der Waals surface area contributed by atoms with Crippen LogP contribution in [0.2, 0.25) is 0 Å². The van der Waals surface area contributed by atoms with Crippen LogP contribution in [0.25, 0.3) is 0 Å². The van der Waals surface area contributed by atoms with Crippen molar-refractivity contribution in [3.8, 4) is 0 Å². The SMILES string of the molecule is CCN(Cc1ccc(C(=O)Nc2cccnc2)cc1)S(=O)(=O)c1ccc(C(C)(C)C)cc1. The van der Waals surface area contributed by atoms with Crippen LogP contribution in [-0.2, 0) is 22.0 Å². The number of anilines is 1. The summed E-state index contributed by atoms with van der Waals surface area (Å²) in [6, 6.07) is 17.5. The van der Waals surface area contributed by atoms with E-state index in [2.05, 4.69) is 31.1 Å². The molecular formula is C25H29N3O3S. The first-order valence-electron chi connectivity index (χ1n) is 10.5. The van der Waals surface area contributed by atoms with E-state index in [1.165, 1.54) is 4.31 Å². The predicted molar refractivity (Wildman–Crippen MR) is 127 cm³/mol. The zero-order chi connectivity index (χ0) is 23.4. The van der Waals surface area contributed by atoms with Crippen molar-refractivity contribution >= 4 is 21.6 Å². The lowest BCUT2D eigenvalue weighted by molar-refractivity contribution is 0.102. The second kappa shape index (κ2) is 9.63. The van der Waals surface area contributed by atoms with Gasteiger partial charge >= 0.3 is 0 Å². The predicted octanol–water partition coefficient (Wildman–Crippen LogP) is 4.84. The minimum Gasteiger partial charge on any atom is -0.321 e. The Morgan fingerprint density at radius 3 is 2.19 bits per heavy atom. The molecule has 3 aromatic rings. The van der Waals surface area contributed by atoms with Crippen LogP contribution in [0.15, 0.2) is 78.0 Å². The molecule has 1 aromatic heterocycles. The number of carbonyl (C=O) groups is 1. The van der Waals surface area contributed by atoms with E-state index in [1.807, 2.05) is 19.1 Å². The molecule has 6 nitrogen and oxygen atoms in total. The van der Waals surface area contributed by atoms with Crippen LogP contribution in [0.3, 0.4) is 0 Å². The summed E-state index contributed by atoms with van der Waals surface area (Å²) < 4.78 is 27.8. The first kappa shape index (κ1) is 23.6. The molecule has 0 aliphatic heterocycles. The van der Waals surface area contributed by atoms with Gasteiger partial charge in [0.2, 0.25) is 10.0 Å². The zero-order valence-electron chi connectivity index (χ0n) is 18.9. The van der Waals surface area contributed by atoms with E-state index in [0.29, 0.717) is 17.8 Å². The lowest BCUT2D eigenvalue weighted by Gasteiger charge is -2.22.